The Morgan fingerprint density at radius 2 is 1.83 bits per heavy atom. The molecule has 0 radical (unpaired) electrons. The lowest BCUT2D eigenvalue weighted by Gasteiger charge is -2.44. The number of amides is 1. The van der Waals surface area contributed by atoms with Crippen molar-refractivity contribution in [3.63, 3.8) is 0 Å². The summed E-state index contributed by atoms with van der Waals surface area (Å²) in [7, 11) is 0. The summed E-state index contributed by atoms with van der Waals surface area (Å²) >= 11 is 6.14. The van der Waals surface area contributed by atoms with E-state index in [4.69, 9.17) is 11.6 Å². The molecule has 1 atom stereocenters. The lowest BCUT2D eigenvalue weighted by molar-refractivity contribution is -0.133. The van der Waals surface area contributed by atoms with Crippen molar-refractivity contribution in [1.82, 2.24) is 9.80 Å². The Labute approximate surface area is 183 Å². The zero-order chi connectivity index (χ0) is 20.9. The predicted molar refractivity (Wildman–Crippen MR) is 120 cm³/mol. The number of anilines is 1. The molecule has 30 heavy (non-hydrogen) atoms. The molecule has 0 saturated carbocycles. The summed E-state index contributed by atoms with van der Waals surface area (Å²) in [5.74, 6) is -0.0834. The maximum absolute atomic E-state index is 13.8. The highest BCUT2D eigenvalue weighted by molar-refractivity contribution is 6.30. The highest BCUT2D eigenvalue weighted by Gasteiger charge is 2.30. The molecule has 2 saturated heterocycles. The Balaban J connectivity index is 1.28. The molecule has 4 nitrogen and oxygen atoms in total. The topological polar surface area (TPSA) is 26.8 Å². The van der Waals surface area contributed by atoms with Crippen molar-refractivity contribution < 1.29 is 9.18 Å². The molecule has 0 spiro atoms. The molecule has 2 fully saturated rings. The van der Waals surface area contributed by atoms with E-state index in [0.29, 0.717) is 24.4 Å². The van der Waals surface area contributed by atoms with Gasteiger partial charge in [0.15, 0.2) is 0 Å². The number of rotatable bonds is 5. The first-order chi connectivity index (χ1) is 14.6. The molecule has 0 N–H and O–H groups in total. The number of piperidine rings is 1. The molecule has 2 aliphatic heterocycles. The fraction of sp³-hybridized carbons (Fsp3) is 0.458. The SMILES string of the molecule is O=C(CCc1ccccc1F)N1CCC[C@@H](N2CCN(c3cccc(Cl)c3)CC2)C1. The van der Waals surface area contributed by atoms with Crippen LogP contribution in [0.15, 0.2) is 48.5 Å². The largest absolute Gasteiger partial charge is 0.369 e. The van der Waals surface area contributed by atoms with Gasteiger partial charge in [-0.1, -0.05) is 35.9 Å². The Kier molecular flexibility index (Phi) is 6.90. The van der Waals surface area contributed by atoms with E-state index in [0.717, 1.165) is 57.1 Å². The van der Waals surface area contributed by atoms with Crippen LogP contribution in [0.4, 0.5) is 10.1 Å². The van der Waals surface area contributed by atoms with Crippen LogP contribution in [0, 0.1) is 5.82 Å². The summed E-state index contributed by atoms with van der Waals surface area (Å²) in [5.41, 5.74) is 1.80. The van der Waals surface area contributed by atoms with Crippen LogP contribution < -0.4 is 4.90 Å². The number of aryl methyl sites for hydroxylation is 1. The minimum absolute atomic E-state index is 0.139. The molecule has 0 bridgehead atoms. The van der Waals surface area contributed by atoms with Gasteiger partial charge in [0.1, 0.15) is 5.82 Å². The molecule has 4 rings (SSSR count). The summed E-state index contributed by atoms with van der Waals surface area (Å²) in [6, 6.07) is 15.2. The molecule has 1 amide bonds. The molecule has 2 aromatic rings. The molecule has 2 aliphatic rings. The van der Waals surface area contributed by atoms with Gasteiger partial charge in [0.05, 0.1) is 0 Å². The monoisotopic (exact) mass is 429 g/mol. The smallest absolute Gasteiger partial charge is 0.222 e. The summed E-state index contributed by atoms with van der Waals surface area (Å²) in [4.78, 5) is 19.6. The lowest BCUT2D eigenvalue weighted by Crippen LogP contribution is -2.55. The number of halogens is 2. The van der Waals surface area contributed by atoms with Crippen LogP contribution in [-0.2, 0) is 11.2 Å². The first-order valence-corrected chi connectivity index (χ1v) is 11.2. The molecule has 0 aromatic heterocycles. The van der Waals surface area contributed by atoms with Crippen LogP contribution in [0.2, 0.25) is 5.02 Å². The molecule has 160 valence electrons. The lowest BCUT2D eigenvalue weighted by atomic mass is 10.0. The maximum atomic E-state index is 13.8. The maximum Gasteiger partial charge on any atom is 0.222 e. The number of hydrogen-bond acceptors (Lipinski definition) is 3. The van der Waals surface area contributed by atoms with Crippen molar-refractivity contribution in [2.75, 3.05) is 44.2 Å². The number of nitrogens with zero attached hydrogens (tertiary/aromatic N) is 3. The predicted octanol–water partition coefficient (Wildman–Crippen LogP) is 4.22. The quantitative estimate of drug-likeness (QED) is 0.711. The summed E-state index contributed by atoms with van der Waals surface area (Å²) in [6.07, 6.45) is 3.00. The third-order valence-corrected chi connectivity index (χ3v) is 6.55. The van der Waals surface area contributed by atoms with E-state index in [9.17, 15) is 9.18 Å². The molecule has 2 aromatic carbocycles. The van der Waals surface area contributed by atoms with E-state index >= 15 is 0 Å². The number of carbonyl (C=O) groups is 1. The molecular formula is C24H29ClFN3O. The number of hydrogen-bond donors (Lipinski definition) is 0. The van der Waals surface area contributed by atoms with Gasteiger partial charge >= 0.3 is 0 Å². The normalized spacial score (nSPS) is 20.4. The fourth-order valence-corrected chi connectivity index (χ4v) is 4.78. The molecule has 2 heterocycles. The summed E-state index contributed by atoms with van der Waals surface area (Å²) in [6.45, 7) is 5.53. The summed E-state index contributed by atoms with van der Waals surface area (Å²) in [5, 5.41) is 0.770. The van der Waals surface area contributed by atoms with Crippen LogP contribution in [0.25, 0.3) is 0 Å². The molecular weight excluding hydrogens is 401 g/mol. The number of piperazine rings is 1. The van der Waals surface area contributed by atoms with E-state index in [1.54, 1.807) is 12.1 Å². The van der Waals surface area contributed by atoms with E-state index in [-0.39, 0.29) is 11.7 Å². The van der Waals surface area contributed by atoms with E-state index in [1.807, 2.05) is 29.2 Å². The van der Waals surface area contributed by atoms with Crippen molar-refractivity contribution in [3.05, 3.63) is 64.9 Å². The van der Waals surface area contributed by atoms with Gasteiger partial charge in [0.25, 0.3) is 0 Å². The Bertz CT molecular complexity index is 869. The highest BCUT2D eigenvalue weighted by atomic mass is 35.5. The van der Waals surface area contributed by atoms with Crippen molar-refractivity contribution in [2.45, 2.75) is 31.7 Å². The van der Waals surface area contributed by atoms with Crippen molar-refractivity contribution in [1.29, 1.82) is 0 Å². The zero-order valence-electron chi connectivity index (χ0n) is 17.3. The molecule has 6 heteroatoms. The highest BCUT2D eigenvalue weighted by Crippen LogP contribution is 2.23. The van der Waals surface area contributed by atoms with Crippen LogP contribution in [-0.4, -0.2) is 61.0 Å². The standard InChI is InChI=1S/C24H29ClFN3O/c25-20-6-3-7-21(17-20)27-13-15-28(16-14-27)22-8-4-12-29(18-22)24(30)11-10-19-5-1-2-9-23(19)26/h1-3,5-7,9,17,22H,4,8,10-16,18H2/t22-/m1/s1. The average Bonchev–Trinajstić information content (AvgIpc) is 2.78. The van der Waals surface area contributed by atoms with Crippen LogP contribution >= 0.6 is 11.6 Å². The van der Waals surface area contributed by atoms with E-state index in [1.165, 1.54) is 11.8 Å². The van der Waals surface area contributed by atoms with Crippen molar-refractivity contribution >= 4 is 23.2 Å². The number of carbonyl (C=O) groups excluding carboxylic acids is 1. The zero-order valence-corrected chi connectivity index (χ0v) is 18.0. The van der Waals surface area contributed by atoms with Crippen LogP contribution in [0.5, 0.6) is 0 Å². The van der Waals surface area contributed by atoms with E-state index < -0.39 is 0 Å². The molecule has 0 aliphatic carbocycles. The van der Waals surface area contributed by atoms with Crippen molar-refractivity contribution in [3.8, 4) is 0 Å². The van der Waals surface area contributed by atoms with Gasteiger partial charge in [0.2, 0.25) is 5.91 Å². The number of benzene rings is 2. The van der Waals surface area contributed by atoms with Crippen molar-refractivity contribution in [2.24, 2.45) is 0 Å². The van der Waals surface area contributed by atoms with Crippen LogP contribution in [0.1, 0.15) is 24.8 Å². The average molecular weight is 430 g/mol. The van der Waals surface area contributed by atoms with Gasteiger partial charge in [-0.3, -0.25) is 9.69 Å². The first kappa shape index (κ1) is 21.1. The third kappa shape index (κ3) is 5.13. The molecule has 0 unspecified atom stereocenters. The minimum Gasteiger partial charge on any atom is -0.369 e. The second kappa shape index (κ2) is 9.80. The summed E-state index contributed by atoms with van der Waals surface area (Å²) < 4.78 is 13.8. The number of likely N-dealkylation sites (tertiary alicyclic amines) is 1. The van der Waals surface area contributed by atoms with Gasteiger partial charge in [-0.05, 0) is 49.1 Å². The minimum atomic E-state index is -0.223. The first-order valence-electron chi connectivity index (χ1n) is 10.9. The van der Waals surface area contributed by atoms with Gasteiger partial charge < -0.3 is 9.80 Å². The fourth-order valence-electron chi connectivity index (χ4n) is 4.60. The Morgan fingerprint density at radius 1 is 1.03 bits per heavy atom. The third-order valence-electron chi connectivity index (χ3n) is 6.32. The van der Waals surface area contributed by atoms with Gasteiger partial charge in [0, 0.05) is 62.4 Å². The Hall–Kier alpha value is -2.11. The van der Waals surface area contributed by atoms with Gasteiger partial charge in [-0.2, -0.15) is 0 Å². The van der Waals surface area contributed by atoms with E-state index in [2.05, 4.69) is 15.9 Å². The Morgan fingerprint density at radius 3 is 2.60 bits per heavy atom. The van der Waals surface area contributed by atoms with Gasteiger partial charge in [-0.25, -0.2) is 4.39 Å². The van der Waals surface area contributed by atoms with Crippen LogP contribution in [0.3, 0.4) is 0 Å². The second-order valence-electron chi connectivity index (χ2n) is 8.23. The van der Waals surface area contributed by atoms with Gasteiger partial charge in [-0.15, -0.1) is 0 Å². The second-order valence-corrected chi connectivity index (χ2v) is 8.67.